The molecular formula is C6H7N3. The van der Waals surface area contributed by atoms with Crippen LogP contribution >= 0.6 is 0 Å². The molecule has 0 aliphatic heterocycles. The fraction of sp³-hybridized carbons (Fsp3) is 0.333. The van der Waals surface area contributed by atoms with Crippen molar-refractivity contribution in [3.05, 3.63) is 11.9 Å². The summed E-state index contributed by atoms with van der Waals surface area (Å²) in [6.07, 6.45) is 6.62. The number of aryl methyl sites for hydroxylation is 1. The van der Waals surface area contributed by atoms with Gasteiger partial charge in [-0.1, -0.05) is 0 Å². The summed E-state index contributed by atoms with van der Waals surface area (Å²) in [5, 5.41) is 7.79. The van der Waals surface area contributed by atoms with E-state index in [1.165, 1.54) is 0 Å². The molecule has 0 aromatic carbocycles. The van der Waals surface area contributed by atoms with Crippen LogP contribution < -0.4 is 0 Å². The molecule has 46 valence electrons. The van der Waals surface area contributed by atoms with Gasteiger partial charge in [-0.2, -0.15) is 9.90 Å². The molecule has 1 heterocycles. The molecule has 0 N–H and O–H groups in total. The summed E-state index contributed by atoms with van der Waals surface area (Å²) in [6.45, 7) is 2.72. The zero-order valence-electron chi connectivity index (χ0n) is 5.20. The maximum Gasteiger partial charge on any atom is 0.155 e. The summed E-state index contributed by atoms with van der Waals surface area (Å²) in [5.74, 6) is 2.39. The van der Waals surface area contributed by atoms with Gasteiger partial charge in [0.05, 0.1) is 12.7 Å². The van der Waals surface area contributed by atoms with Gasteiger partial charge in [0, 0.05) is 0 Å². The molecule has 9 heavy (non-hydrogen) atoms. The molecule has 0 saturated heterocycles. The largest absolute Gasteiger partial charge is 0.184 e. The molecule has 3 nitrogen and oxygen atoms in total. The smallest absolute Gasteiger partial charge is 0.155 e. The van der Waals surface area contributed by atoms with E-state index >= 15 is 0 Å². The van der Waals surface area contributed by atoms with E-state index in [-0.39, 0.29) is 0 Å². The topological polar surface area (TPSA) is 30.7 Å². The number of terminal acetylenes is 1. The van der Waals surface area contributed by atoms with Crippen LogP contribution in [0.1, 0.15) is 12.6 Å². The van der Waals surface area contributed by atoms with Gasteiger partial charge >= 0.3 is 0 Å². The van der Waals surface area contributed by atoms with Crippen LogP contribution in [0.3, 0.4) is 0 Å². The second-order valence-electron chi connectivity index (χ2n) is 1.56. The Kier molecular flexibility index (Phi) is 1.50. The third kappa shape index (κ3) is 1.08. The fourth-order valence-corrected chi connectivity index (χ4v) is 0.516. The molecule has 1 rings (SSSR count). The van der Waals surface area contributed by atoms with Gasteiger partial charge in [0.1, 0.15) is 0 Å². The van der Waals surface area contributed by atoms with Crippen LogP contribution in [0.4, 0.5) is 0 Å². The number of nitrogens with zero attached hydrogens (tertiary/aromatic N) is 3. The average molecular weight is 121 g/mol. The maximum absolute atomic E-state index is 5.05. The highest BCUT2D eigenvalue weighted by Crippen LogP contribution is 1.85. The molecule has 3 heteroatoms. The molecule has 0 unspecified atom stereocenters. The van der Waals surface area contributed by atoms with E-state index in [9.17, 15) is 0 Å². The number of aromatic nitrogens is 3. The second kappa shape index (κ2) is 2.31. The lowest BCUT2D eigenvalue weighted by atomic mass is 10.5. The van der Waals surface area contributed by atoms with Gasteiger partial charge in [-0.05, 0) is 12.8 Å². The summed E-state index contributed by atoms with van der Waals surface area (Å²) in [6, 6.07) is 0. The van der Waals surface area contributed by atoms with Crippen molar-refractivity contribution in [3.8, 4) is 12.3 Å². The molecule has 0 aliphatic rings. The minimum atomic E-state index is 0.594. The Morgan fingerprint density at radius 3 is 3.00 bits per heavy atom. The van der Waals surface area contributed by atoms with Crippen molar-refractivity contribution in [2.45, 2.75) is 13.5 Å². The second-order valence-corrected chi connectivity index (χ2v) is 1.56. The molecule has 1 aromatic heterocycles. The van der Waals surface area contributed by atoms with Crippen molar-refractivity contribution in [2.75, 3.05) is 0 Å². The molecule has 0 fully saturated rings. The normalized spacial score (nSPS) is 8.89. The van der Waals surface area contributed by atoms with Crippen molar-refractivity contribution >= 4 is 0 Å². The first-order valence-corrected chi connectivity index (χ1v) is 2.73. The van der Waals surface area contributed by atoms with Crippen LogP contribution in [-0.2, 0) is 6.54 Å². The predicted molar refractivity (Wildman–Crippen MR) is 33.6 cm³/mol. The van der Waals surface area contributed by atoms with Gasteiger partial charge in [0.2, 0.25) is 0 Å². The monoisotopic (exact) mass is 121 g/mol. The number of rotatable bonds is 1. The van der Waals surface area contributed by atoms with Crippen molar-refractivity contribution in [3.63, 3.8) is 0 Å². The SMILES string of the molecule is C#Cc1cnn(CC)n1. The first-order valence-electron chi connectivity index (χ1n) is 2.73. The third-order valence-corrected chi connectivity index (χ3v) is 0.967. The highest BCUT2D eigenvalue weighted by atomic mass is 15.5. The summed E-state index contributed by atoms with van der Waals surface area (Å²) >= 11 is 0. The minimum Gasteiger partial charge on any atom is -0.184 e. The highest BCUT2D eigenvalue weighted by molar-refractivity contribution is 5.18. The minimum absolute atomic E-state index is 0.594. The molecule has 0 atom stereocenters. The van der Waals surface area contributed by atoms with Gasteiger partial charge in [0.15, 0.2) is 5.69 Å². The van der Waals surface area contributed by atoms with E-state index in [0.29, 0.717) is 5.69 Å². The van der Waals surface area contributed by atoms with Gasteiger partial charge in [-0.15, -0.1) is 11.5 Å². The Bertz CT molecular complexity index is 231. The lowest BCUT2D eigenvalue weighted by molar-refractivity contribution is 0.568. The number of hydrogen-bond acceptors (Lipinski definition) is 2. The predicted octanol–water partition coefficient (Wildman–Crippen LogP) is 0.279. The van der Waals surface area contributed by atoms with Gasteiger partial charge in [-0.25, -0.2) is 0 Å². The maximum atomic E-state index is 5.05. The molecule has 0 aliphatic carbocycles. The molecule has 0 spiro atoms. The first kappa shape index (κ1) is 5.83. The van der Waals surface area contributed by atoms with Crippen LogP contribution in [0, 0.1) is 12.3 Å². The Balaban J connectivity index is 2.90. The summed E-state index contributed by atoms with van der Waals surface area (Å²) in [4.78, 5) is 1.55. The molecule has 0 bridgehead atoms. The standard InChI is InChI=1S/C6H7N3/c1-3-6-5-7-9(4-2)8-6/h1,5H,4H2,2H3. The van der Waals surface area contributed by atoms with Gasteiger partial charge in [-0.3, -0.25) is 0 Å². The zero-order chi connectivity index (χ0) is 6.69. The molecular weight excluding hydrogens is 114 g/mol. The summed E-state index contributed by atoms with van der Waals surface area (Å²) in [5.41, 5.74) is 0.594. The molecule has 0 amide bonds. The lowest BCUT2D eigenvalue weighted by Crippen LogP contribution is -1.97. The van der Waals surface area contributed by atoms with Crippen LogP contribution in [-0.4, -0.2) is 15.0 Å². The van der Waals surface area contributed by atoms with Crippen molar-refractivity contribution in [1.29, 1.82) is 0 Å². The first-order chi connectivity index (χ1) is 4.36. The van der Waals surface area contributed by atoms with Crippen molar-refractivity contribution < 1.29 is 0 Å². The quantitative estimate of drug-likeness (QED) is 0.499. The Labute approximate surface area is 53.7 Å². The Morgan fingerprint density at radius 2 is 2.67 bits per heavy atom. The van der Waals surface area contributed by atoms with E-state index in [2.05, 4.69) is 16.1 Å². The molecule has 0 saturated carbocycles. The Morgan fingerprint density at radius 1 is 1.89 bits per heavy atom. The van der Waals surface area contributed by atoms with Crippen LogP contribution in [0.2, 0.25) is 0 Å². The summed E-state index contributed by atoms with van der Waals surface area (Å²) < 4.78 is 0. The summed E-state index contributed by atoms with van der Waals surface area (Å²) in [7, 11) is 0. The van der Waals surface area contributed by atoms with Gasteiger partial charge in [0.25, 0.3) is 0 Å². The van der Waals surface area contributed by atoms with Crippen molar-refractivity contribution in [1.82, 2.24) is 15.0 Å². The lowest BCUT2D eigenvalue weighted by Gasteiger charge is -1.86. The van der Waals surface area contributed by atoms with Crippen LogP contribution in [0.15, 0.2) is 6.20 Å². The number of hydrogen-bond donors (Lipinski definition) is 0. The zero-order valence-corrected chi connectivity index (χ0v) is 5.20. The van der Waals surface area contributed by atoms with Gasteiger partial charge < -0.3 is 0 Å². The average Bonchev–Trinajstić information content (AvgIpc) is 2.34. The molecule has 0 radical (unpaired) electrons. The van der Waals surface area contributed by atoms with Crippen LogP contribution in [0.25, 0.3) is 0 Å². The van der Waals surface area contributed by atoms with Crippen molar-refractivity contribution in [2.24, 2.45) is 0 Å². The van der Waals surface area contributed by atoms with E-state index in [0.717, 1.165) is 6.54 Å². The Hall–Kier alpha value is -1.30. The highest BCUT2D eigenvalue weighted by Gasteiger charge is 1.91. The van der Waals surface area contributed by atoms with E-state index in [4.69, 9.17) is 6.42 Å². The molecule has 1 aromatic rings. The van der Waals surface area contributed by atoms with E-state index in [1.54, 1.807) is 11.0 Å². The van der Waals surface area contributed by atoms with E-state index < -0.39 is 0 Å². The third-order valence-electron chi connectivity index (χ3n) is 0.967. The van der Waals surface area contributed by atoms with Crippen LogP contribution in [0.5, 0.6) is 0 Å². The van der Waals surface area contributed by atoms with E-state index in [1.807, 2.05) is 6.92 Å². The fourth-order valence-electron chi connectivity index (χ4n) is 0.516.